The topological polar surface area (TPSA) is 61.8 Å². The molecule has 0 N–H and O–H groups in total. The SMILES string of the molecule is CCCCCCCCCCC=C(C=O)C(CCCC)OCOCOC(CCCC)C(C=O)=CCCCCCCCCCC. The normalized spacial score (nSPS) is 13.8. The molecule has 252 valence electrons. The molecule has 0 amide bonds. The Kier molecular flexibility index (Phi) is 32.6. The van der Waals surface area contributed by atoms with Crippen LogP contribution in [0.3, 0.4) is 0 Å². The lowest BCUT2D eigenvalue weighted by molar-refractivity contribution is -0.157. The smallest absolute Gasteiger partial charge is 0.150 e. The van der Waals surface area contributed by atoms with Gasteiger partial charge in [-0.05, 0) is 38.5 Å². The zero-order valence-electron chi connectivity index (χ0n) is 28.9. The van der Waals surface area contributed by atoms with E-state index in [1.807, 2.05) is 0 Å². The van der Waals surface area contributed by atoms with Crippen LogP contribution in [0.1, 0.15) is 182 Å². The molecule has 0 spiro atoms. The monoisotopic (exact) mass is 607 g/mol. The molecule has 2 unspecified atom stereocenters. The van der Waals surface area contributed by atoms with Crippen molar-refractivity contribution in [1.29, 1.82) is 0 Å². The van der Waals surface area contributed by atoms with E-state index in [1.165, 1.54) is 89.9 Å². The van der Waals surface area contributed by atoms with E-state index in [1.54, 1.807) is 0 Å². The lowest BCUT2D eigenvalue weighted by atomic mass is 10.0. The van der Waals surface area contributed by atoms with Crippen molar-refractivity contribution in [3.05, 3.63) is 23.3 Å². The van der Waals surface area contributed by atoms with E-state index in [2.05, 4.69) is 39.8 Å². The number of aldehydes is 2. The summed E-state index contributed by atoms with van der Waals surface area (Å²) in [6, 6.07) is 0. The van der Waals surface area contributed by atoms with Crippen LogP contribution in [0.25, 0.3) is 0 Å². The van der Waals surface area contributed by atoms with Crippen molar-refractivity contribution >= 4 is 12.6 Å². The van der Waals surface area contributed by atoms with Crippen LogP contribution in [0.15, 0.2) is 23.3 Å². The molecule has 0 aliphatic rings. The van der Waals surface area contributed by atoms with Gasteiger partial charge in [-0.15, -0.1) is 0 Å². The van der Waals surface area contributed by atoms with Gasteiger partial charge in [-0.2, -0.15) is 0 Å². The summed E-state index contributed by atoms with van der Waals surface area (Å²) in [6.45, 7) is 8.93. The molecule has 0 aliphatic carbocycles. The van der Waals surface area contributed by atoms with Crippen molar-refractivity contribution in [1.82, 2.24) is 0 Å². The first-order valence-electron chi connectivity index (χ1n) is 18.3. The minimum Gasteiger partial charge on any atom is -0.347 e. The molecule has 5 nitrogen and oxygen atoms in total. The number of hydrogen-bond acceptors (Lipinski definition) is 5. The second-order valence-corrected chi connectivity index (χ2v) is 12.2. The number of ether oxygens (including phenoxy) is 3. The Balaban J connectivity index is 4.61. The van der Waals surface area contributed by atoms with Crippen LogP contribution in [-0.2, 0) is 23.8 Å². The average Bonchev–Trinajstić information content (AvgIpc) is 3.02. The number of allylic oxidation sites excluding steroid dienone is 2. The average molecular weight is 607 g/mol. The van der Waals surface area contributed by atoms with Crippen LogP contribution in [0.2, 0.25) is 0 Å². The summed E-state index contributed by atoms with van der Waals surface area (Å²) in [5.74, 6) is 0. The van der Waals surface area contributed by atoms with E-state index in [4.69, 9.17) is 14.2 Å². The Labute approximate surface area is 267 Å². The van der Waals surface area contributed by atoms with Crippen LogP contribution in [0, 0.1) is 0 Å². The van der Waals surface area contributed by atoms with Crippen molar-refractivity contribution in [3.63, 3.8) is 0 Å². The van der Waals surface area contributed by atoms with E-state index in [0.29, 0.717) is 0 Å². The maximum atomic E-state index is 11.9. The lowest BCUT2D eigenvalue weighted by Gasteiger charge is -2.20. The highest BCUT2D eigenvalue weighted by molar-refractivity contribution is 5.75. The Morgan fingerprint density at radius 3 is 1.12 bits per heavy atom. The zero-order valence-corrected chi connectivity index (χ0v) is 28.9. The Morgan fingerprint density at radius 2 is 0.791 bits per heavy atom. The summed E-state index contributed by atoms with van der Waals surface area (Å²) in [7, 11) is 0. The van der Waals surface area contributed by atoms with Gasteiger partial charge in [0.15, 0.2) is 0 Å². The minimum atomic E-state index is -0.251. The lowest BCUT2D eigenvalue weighted by Crippen LogP contribution is -2.22. The van der Waals surface area contributed by atoms with Gasteiger partial charge < -0.3 is 14.2 Å². The van der Waals surface area contributed by atoms with Crippen molar-refractivity contribution in [2.75, 3.05) is 13.6 Å². The minimum absolute atomic E-state index is 0.0657. The van der Waals surface area contributed by atoms with Crippen molar-refractivity contribution < 1.29 is 23.8 Å². The first-order valence-corrected chi connectivity index (χ1v) is 18.3. The molecule has 0 fully saturated rings. The van der Waals surface area contributed by atoms with E-state index in [-0.39, 0.29) is 25.8 Å². The second kappa shape index (κ2) is 33.6. The van der Waals surface area contributed by atoms with E-state index >= 15 is 0 Å². The first kappa shape index (κ1) is 41.7. The maximum Gasteiger partial charge on any atom is 0.150 e. The largest absolute Gasteiger partial charge is 0.347 e. The maximum absolute atomic E-state index is 11.9. The number of hydrogen-bond donors (Lipinski definition) is 0. The summed E-state index contributed by atoms with van der Waals surface area (Å²) < 4.78 is 17.8. The van der Waals surface area contributed by atoms with Gasteiger partial charge in [0.2, 0.25) is 0 Å². The molecule has 0 aromatic carbocycles. The molecule has 0 aliphatic heterocycles. The van der Waals surface area contributed by atoms with E-state index in [0.717, 1.165) is 87.9 Å². The third kappa shape index (κ3) is 25.7. The molecule has 5 heteroatoms. The number of unbranched alkanes of at least 4 members (excludes halogenated alkanes) is 18. The third-order valence-electron chi connectivity index (χ3n) is 8.24. The molecule has 0 heterocycles. The van der Waals surface area contributed by atoms with E-state index in [9.17, 15) is 9.59 Å². The highest BCUT2D eigenvalue weighted by Gasteiger charge is 2.16. The molecule has 0 saturated carbocycles. The van der Waals surface area contributed by atoms with Crippen molar-refractivity contribution in [3.8, 4) is 0 Å². The quantitative estimate of drug-likeness (QED) is 0.0315. The highest BCUT2D eigenvalue weighted by Crippen LogP contribution is 2.18. The van der Waals surface area contributed by atoms with Crippen LogP contribution in [0.5, 0.6) is 0 Å². The van der Waals surface area contributed by atoms with Crippen LogP contribution >= 0.6 is 0 Å². The van der Waals surface area contributed by atoms with Crippen LogP contribution in [0.4, 0.5) is 0 Å². The summed E-state index contributed by atoms with van der Waals surface area (Å²) in [5.41, 5.74) is 1.46. The highest BCUT2D eigenvalue weighted by atomic mass is 16.7. The fourth-order valence-corrected chi connectivity index (χ4v) is 5.37. The van der Waals surface area contributed by atoms with Gasteiger partial charge in [-0.25, -0.2) is 0 Å². The van der Waals surface area contributed by atoms with E-state index < -0.39 is 0 Å². The molecule has 43 heavy (non-hydrogen) atoms. The van der Waals surface area contributed by atoms with Crippen molar-refractivity contribution in [2.45, 2.75) is 194 Å². The standard InChI is InChI=1S/C38H70O5/c1-5-9-13-15-17-19-21-23-25-27-35(31-39)37(29-11-7-3)42-33-41-34-43-38(30-12-8-4)36(32-40)28-26-24-22-20-18-16-14-10-6-2/h27-28,31-32,37-38H,5-26,29-30,33-34H2,1-4H3. The van der Waals surface area contributed by atoms with Gasteiger partial charge in [0.1, 0.15) is 26.2 Å². The van der Waals surface area contributed by atoms with Crippen LogP contribution in [-0.4, -0.2) is 38.4 Å². The first-order chi connectivity index (χ1) is 21.2. The third-order valence-corrected chi connectivity index (χ3v) is 8.24. The molecular weight excluding hydrogens is 536 g/mol. The summed E-state index contributed by atoms with van der Waals surface area (Å²) in [4.78, 5) is 23.8. The molecule has 0 aromatic heterocycles. The van der Waals surface area contributed by atoms with Crippen molar-refractivity contribution in [2.24, 2.45) is 0 Å². The van der Waals surface area contributed by atoms with Gasteiger partial charge in [0, 0.05) is 11.1 Å². The summed E-state index contributed by atoms with van der Waals surface area (Å²) >= 11 is 0. The zero-order chi connectivity index (χ0) is 31.6. The molecule has 2 atom stereocenters. The van der Waals surface area contributed by atoms with Gasteiger partial charge >= 0.3 is 0 Å². The molecule has 0 saturated heterocycles. The predicted octanol–water partition coefficient (Wildman–Crippen LogP) is 11.4. The summed E-state index contributed by atoms with van der Waals surface area (Å²) in [5, 5.41) is 0. The van der Waals surface area contributed by atoms with Crippen LogP contribution < -0.4 is 0 Å². The van der Waals surface area contributed by atoms with Gasteiger partial charge in [-0.1, -0.05) is 155 Å². The number of rotatable bonds is 34. The fraction of sp³-hybridized carbons (Fsp3) is 0.842. The molecular formula is C38H70O5. The second-order valence-electron chi connectivity index (χ2n) is 12.2. The van der Waals surface area contributed by atoms with Gasteiger partial charge in [0.05, 0.1) is 12.2 Å². The Hall–Kier alpha value is -1.30. The number of carbonyl (C=O) groups is 2. The molecule has 0 rings (SSSR count). The molecule has 0 bridgehead atoms. The summed E-state index contributed by atoms with van der Waals surface area (Å²) in [6.07, 6.45) is 33.5. The fourth-order valence-electron chi connectivity index (χ4n) is 5.37. The number of carbonyl (C=O) groups excluding carboxylic acids is 2. The molecule has 0 aromatic rings. The Morgan fingerprint density at radius 1 is 0.465 bits per heavy atom. The Bertz CT molecular complexity index is 615. The van der Waals surface area contributed by atoms with Gasteiger partial charge in [-0.3, -0.25) is 9.59 Å². The predicted molar refractivity (Wildman–Crippen MR) is 182 cm³/mol. The van der Waals surface area contributed by atoms with Gasteiger partial charge in [0.25, 0.3) is 0 Å². The molecule has 0 radical (unpaired) electrons.